The van der Waals surface area contributed by atoms with Crippen LogP contribution in [0.2, 0.25) is 0 Å². The van der Waals surface area contributed by atoms with Crippen LogP contribution in [0.3, 0.4) is 0 Å². The number of rotatable bonds is 3. The van der Waals surface area contributed by atoms with Crippen molar-refractivity contribution in [3.05, 3.63) is 54.7 Å². The van der Waals surface area contributed by atoms with Gasteiger partial charge in [0.2, 0.25) is 0 Å². The highest BCUT2D eigenvalue weighted by atomic mass is 31.1. The van der Waals surface area contributed by atoms with Gasteiger partial charge >= 0.3 is 0 Å². The van der Waals surface area contributed by atoms with Gasteiger partial charge in [-0.05, 0) is 24.3 Å². The van der Waals surface area contributed by atoms with Crippen LogP contribution in [0.5, 0.6) is 5.75 Å². The molecule has 0 fully saturated rings. The molecule has 0 saturated carbocycles. The van der Waals surface area contributed by atoms with Crippen molar-refractivity contribution in [1.29, 1.82) is 0 Å². The first-order chi connectivity index (χ1) is 6.95. The van der Waals surface area contributed by atoms with E-state index in [9.17, 15) is 0 Å². The zero-order valence-electron chi connectivity index (χ0n) is 7.55. The zero-order chi connectivity index (χ0) is 9.64. The normalized spacial score (nSPS) is 10.6. The van der Waals surface area contributed by atoms with Gasteiger partial charge in [-0.25, -0.2) is 0 Å². The SMILES string of the molecule is c1ccc(OPc2ccccn2)cc1. The van der Waals surface area contributed by atoms with Gasteiger partial charge in [-0.15, -0.1) is 0 Å². The van der Waals surface area contributed by atoms with Crippen LogP contribution in [0.25, 0.3) is 0 Å². The van der Waals surface area contributed by atoms with E-state index < -0.39 is 0 Å². The van der Waals surface area contributed by atoms with Crippen LogP contribution in [0.4, 0.5) is 0 Å². The van der Waals surface area contributed by atoms with Crippen LogP contribution in [-0.2, 0) is 0 Å². The summed E-state index contributed by atoms with van der Waals surface area (Å²) in [4.78, 5) is 4.18. The summed E-state index contributed by atoms with van der Waals surface area (Å²) in [6, 6.07) is 15.6. The maximum absolute atomic E-state index is 5.56. The van der Waals surface area contributed by atoms with Gasteiger partial charge in [0.15, 0.2) is 0 Å². The molecule has 1 aromatic heterocycles. The van der Waals surface area contributed by atoms with E-state index in [2.05, 4.69) is 4.98 Å². The molecule has 70 valence electrons. The van der Waals surface area contributed by atoms with Gasteiger partial charge in [0, 0.05) is 6.20 Å². The highest BCUT2D eigenvalue weighted by Crippen LogP contribution is 2.18. The first-order valence-corrected chi connectivity index (χ1v) is 5.25. The molecule has 0 aliphatic heterocycles. The molecule has 2 rings (SSSR count). The van der Waals surface area contributed by atoms with Gasteiger partial charge in [0.1, 0.15) is 14.6 Å². The quantitative estimate of drug-likeness (QED) is 0.714. The number of pyridine rings is 1. The molecule has 14 heavy (non-hydrogen) atoms. The Labute approximate surface area is 84.8 Å². The van der Waals surface area contributed by atoms with Crippen molar-refractivity contribution in [2.75, 3.05) is 0 Å². The summed E-state index contributed by atoms with van der Waals surface area (Å²) in [5, 5.41) is 0. The van der Waals surface area contributed by atoms with Crippen molar-refractivity contribution in [3.8, 4) is 5.75 Å². The second kappa shape index (κ2) is 4.73. The number of nitrogens with zero attached hydrogens (tertiary/aromatic N) is 1. The van der Waals surface area contributed by atoms with Crippen LogP contribution >= 0.6 is 8.81 Å². The van der Waals surface area contributed by atoms with Crippen molar-refractivity contribution in [2.24, 2.45) is 0 Å². The molecule has 0 bridgehead atoms. The lowest BCUT2D eigenvalue weighted by Crippen LogP contribution is -2.00. The summed E-state index contributed by atoms with van der Waals surface area (Å²) in [5.74, 6) is 0.886. The van der Waals surface area contributed by atoms with Gasteiger partial charge in [-0.1, -0.05) is 24.3 Å². The average Bonchev–Trinajstić information content (AvgIpc) is 2.29. The molecule has 0 saturated heterocycles. The molecule has 1 aromatic carbocycles. The third-order valence-corrected chi connectivity index (χ3v) is 2.52. The Morgan fingerprint density at radius 2 is 1.71 bits per heavy atom. The predicted octanol–water partition coefficient (Wildman–Crippen LogP) is 2.38. The number of benzene rings is 1. The van der Waals surface area contributed by atoms with E-state index >= 15 is 0 Å². The topological polar surface area (TPSA) is 22.1 Å². The third kappa shape index (κ3) is 2.54. The Hall–Kier alpha value is -1.40. The number of para-hydroxylation sites is 1. The summed E-state index contributed by atoms with van der Waals surface area (Å²) >= 11 is 0. The van der Waals surface area contributed by atoms with Gasteiger partial charge in [-0.3, -0.25) is 4.98 Å². The molecule has 1 heterocycles. The number of hydrogen-bond acceptors (Lipinski definition) is 2. The second-order valence-electron chi connectivity index (χ2n) is 2.73. The largest absolute Gasteiger partial charge is 0.471 e. The standard InChI is InChI=1S/C11H10NOP/c1-2-6-10(7-3-1)13-14-11-8-4-5-9-12-11/h1-9,14H. The number of aromatic nitrogens is 1. The van der Waals surface area contributed by atoms with Crippen molar-refractivity contribution >= 4 is 14.2 Å². The van der Waals surface area contributed by atoms with Crippen LogP contribution in [0, 0.1) is 0 Å². The number of hydrogen-bond donors (Lipinski definition) is 0. The van der Waals surface area contributed by atoms with Crippen molar-refractivity contribution in [1.82, 2.24) is 4.98 Å². The fraction of sp³-hybridized carbons (Fsp3) is 0. The minimum Gasteiger partial charge on any atom is -0.471 e. The molecule has 0 amide bonds. The van der Waals surface area contributed by atoms with Crippen LogP contribution in [0.1, 0.15) is 0 Å². The first kappa shape index (κ1) is 9.17. The van der Waals surface area contributed by atoms with Crippen molar-refractivity contribution in [3.63, 3.8) is 0 Å². The summed E-state index contributed by atoms with van der Waals surface area (Å²) in [7, 11) is 0.271. The molecule has 0 aliphatic rings. The van der Waals surface area contributed by atoms with E-state index in [1.54, 1.807) is 6.20 Å². The van der Waals surface area contributed by atoms with Crippen LogP contribution in [-0.4, -0.2) is 4.98 Å². The Morgan fingerprint density at radius 1 is 0.929 bits per heavy atom. The monoisotopic (exact) mass is 203 g/mol. The van der Waals surface area contributed by atoms with E-state index in [-0.39, 0.29) is 8.81 Å². The summed E-state index contributed by atoms with van der Waals surface area (Å²) in [5.41, 5.74) is 0.969. The Balaban J connectivity index is 1.96. The maximum atomic E-state index is 5.56. The van der Waals surface area contributed by atoms with Gasteiger partial charge < -0.3 is 4.52 Å². The molecule has 0 radical (unpaired) electrons. The van der Waals surface area contributed by atoms with E-state index in [1.807, 2.05) is 48.5 Å². The van der Waals surface area contributed by atoms with Crippen LogP contribution < -0.4 is 9.96 Å². The fourth-order valence-electron chi connectivity index (χ4n) is 1.02. The summed E-state index contributed by atoms with van der Waals surface area (Å²) in [6.45, 7) is 0. The van der Waals surface area contributed by atoms with E-state index in [0.29, 0.717) is 0 Å². The minimum atomic E-state index is 0.271. The second-order valence-corrected chi connectivity index (χ2v) is 3.65. The van der Waals surface area contributed by atoms with Crippen LogP contribution in [0.15, 0.2) is 54.7 Å². The molecule has 0 spiro atoms. The predicted molar refractivity (Wildman–Crippen MR) is 59.3 cm³/mol. The molecule has 0 aliphatic carbocycles. The molecular formula is C11H10NOP. The Morgan fingerprint density at radius 3 is 2.43 bits per heavy atom. The lowest BCUT2D eigenvalue weighted by Gasteiger charge is -2.03. The smallest absolute Gasteiger partial charge is 0.124 e. The van der Waals surface area contributed by atoms with E-state index in [0.717, 1.165) is 11.2 Å². The average molecular weight is 203 g/mol. The lowest BCUT2D eigenvalue weighted by molar-refractivity contribution is 0.637. The van der Waals surface area contributed by atoms with Gasteiger partial charge in [0.25, 0.3) is 0 Å². The lowest BCUT2D eigenvalue weighted by atomic mass is 10.3. The van der Waals surface area contributed by atoms with Crippen molar-refractivity contribution < 1.29 is 4.52 Å². The Bertz CT molecular complexity index is 338. The molecule has 3 heteroatoms. The molecule has 2 nitrogen and oxygen atoms in total. The highest BCUT2D eigenvalue weighted by Gasteiger charge is 1.94. The third-order valence-electron chi connectivity index (χ3n) is 1.68. The fourth-order valence-corrected chi connectivity index (χ4v) is 1.67. The van der Waals surface area contributed by atoms with Gasteiger partial charge in [-0.2, -0.15) is 0 Å². The van der Waals surface area contributed by atoms with E-state index in [1.165, 1.54) is 0 Å². The van der Waals surface area contributed by atoms with E-state index in [4.69, 9.17) is 4.52 Å². The minimum absolute atomic E-state index is 0.271. The highest BCUT2D eigenvalue weighted by molar-refractivity contribution is 7.42. The molecular weight excluding hydrogens is 193 g/mol. The van der Waals surface area contributed by atoms with Gasteiger partial charge in [0.05, 0.1) is 5.44 Å². The Kier molecular flexibility index (Phi) is 3.10. The summed E-state index contributed by atoms with van der Waals surface area (Å²) in [6.07, 6.45) is 1.77. The molecule has 1 unspecified atom stereocenters. The molecule has 2 aromatic rings. The molecule has 1 atom stereocenters. The first-order valence-electron chi connectivity index (χ1n) is 4.34. The molecule has 0 N–H and O–H groups in total. The zero-order valence-corrected chi connectivity index (χ0v) is 8.55. The summed E-state index contributed by atoms with van der Waals surface area (Å²) < 4.78 is 5.56. The van der Waals surface area contributed by atoms with Crippen molar-refractivity contribution in [2.45, 2.75) is 0 Å². The maximum Gasteiger partial charge on any atom is 0.124 e.